The third kappa shape index (κ3) is 3.09. The Morgan fingerprint density at radius 3 is 2.38 bits per heavy atom. The first-order valence-corrected chi connectivity index (χ1v) is 6.02. The third-order valence-electron chi connectivity index (χ3n) is 3.05. The van der Waals surface area contributed by atoms with Crippen LogP contribution < -0.4 is 9.75 Å². The molecule has 114 valence electrons. The lowest BCUT2D eigenvalue weighted by Crippen LogP contribution is -2.35. The predicted octanol–water partition coefficient (Wildman–Crippen LogP) is 2.37. The van der Waals surface area contributed by atoms with E-state index in [1.54, 1.807) is 12.1 Å². The second-order valence-electron chi connectivity index (χ2n) is 4.33. The lowest BCUT2D eigenvalue weighted by molar-refractivity contribution is -0.141. The third-order valence-corrected chi connectivity index (χ3v) is 3.05. The van der Waals surface area contributed by atoms with E-state index < -0.39 is 30.3 Å². The van der Waals surface area contributed by atoms with Crippen LogP contribution in [-0.2, 0) is 9.53 Å². The molecule has 0 saturated heterocycles. The number of esters is 1. The summed E-state index contributed by atoms with van der Waals surface area (Å²) in [7, 11) is 2.60. The Hall–Kier alpha value is -2.25. The number of hydrogen-bond donors (Lipinski definition) is 0. The number of nitrogens with zero attached hydrogens (tertiary/aromatic N) is 2. The fourth-order valence-electron chi connectivity index (χ4n) is 1.97. The number of anilines is 1. The van der Waals surface area contributed by atoms with Crippen molar-refractivity contribution in [3.63, 3.8) is 0 Å². The van der Waals surface area contributed by atoms with Gasteiger partial charge in [-0.2, -0.15) is 18.3 Å². The molecule has 5 nitrogen and oxygen atoms in total. The molecule has 0 N–H and O–H groups in total. The maximum absolute atomic E-state index is 12.8. The largest absolute Gasteiger partial charge is 0.497 e. The summed E-state index contributed by atoms with van der Waals surface area (Å²) in [5.74, 6) is -0.221. The molecule has 1 aliphatic rings. The van der Waals surface area contributed by atoms with Crippen LogP contribution in [0.2, 0.25) is 0 Å². The standard InChI is InChI=1S/C13H13F3N2O3/c1-20-9-5-3-8(4-6-9)18-10(12(19)21-2)7-11(17-18)13(14,15)16/h3-6,10H,7H2,1-2H3. The fraction of sp³-hybridized carbons (Fsp3) is 0.385. The average molecular weight is 302 g/mol. The molecule has 1 aromatic carbocycles. The van der Waals surface area contributed by atoms with Crippen molar-refractivity contribution in [3.8, 4) is 5.75 Å². The summed E-state index contributed by atoms with van der Waals surface area (Å²) in [5.41, 5.74) is -0.654. The van der Waals surface area contributed by atoms with Crippen molar-refractivity contribution >= 4 is 17.4 Å². The van der Waals surface area contributed by atoms with Crippen molar-refractivity contribution in [2.45, 2.75) is 18.6 Å². The zero-order valence-corrected chi connectivity index (χ0v) is 11.3. The minimum atomic E-state index is -4.58. The molecule has 1 aliphatic heterocycles. The first-order chi connectivity index (χ1) is 9.86. The summed E-state index contributed by atoms with van der Waals surface area (Å²) in [5, 5.41) is 4.54. The molecule has 0 aromatic heterocycles. The molecule has 21 heavy (non-hydrogen) atoms. The molecule has 0 aliphatic carbocycles. The van der Waals surface area contributed by atoms with Crippen LogP contribution >= 0.6 is 0 Å². The van der Waals surface area contributed by atoms with Gasteiger partial charge in [0.25, 0.3) is 0 Å². The van der Waals surface area contributed by atoms with E-state index in [1.807, 2.05) is 0 Å². The van der Waals surface area contributed by atoms with Crippen LogP contribution in [0.4, 0.5) is 18.9 Å². The monoisotopic (exact) mass is 302 g/mol. The normalized spacial score (nSPS) is 18.4. The zero-order chi connectivity index (χ0) is 15.6. The number of alkyl halides is 3. The minimum absolute atomic E-state index is 0.352. The molecule has 2 rings (SSSR count). The van der Waals surface area contributed by atoms with E-state index in [2.05, 4.69) is 9.84 Å². The van der Waals surface area contributed by atoms with Gasteiger partial charge in [0.1, 0.15) is 11.5 Å². The summed E-state index contributed by atoms with van der Waals surface area (Å²) >= 11 is 0. The van der Waals surface area contributed by atoms with E-state index in [0.717, 1.165) is 12.1 Å². The Kier molecular flexibility index (Phi) is 4.06. The lowest BCUT2D eigenvalue weighted by Gasteiger charge is -2.21. The summed E-state index contributed by atoms with van der Waals surface area (Å²) in [6.07, 6.45) is -5.12. The number of rotatable bonds is 3. The minimum Gasteiger partial charge on any atom is -0.497 e. The van der Waals surface area contributed by atoms with Gasteiger partial charge in [-0.25, -0.2) is 4.79 Å². The van der Waals surface area contributed by atoms with Crippen molar-refractivity contribution < 1.29 is 27.4 Å². The Bertz CT molecular complexity index is 555. The van der Waals surface area contributed by atoms with Crippen LogP contribution in [0.3, 0.4) is 0 Å². The topological polar surface area (TPSA) is 51.1 Å². The van der Waals surface area contributed by atoms with E-state index in [1.165, 1.54) is 19.2 Å². The molecule has 8 heteroatoms. The smallest absolute Gasteiger partial charge is 0.431 e. The van der Waals surface area contributed by atoms with E-state index in [0.29, 0.717) is 11.4 Å². The number of carbonyl (C=O) groups is 1. The first kappa shape index (κ1) is 15.1. The van der Waals surface area contributed by atoms with Gasteiger partial charge >= 0.3 is 12.1 Å². The van der Waals surface area contributed by atoms with Crippen LogP contribution in [0.5, 0.6) is 5.75 Å². The molecule has 0 fully saturated rings. The molecule has 0 bridgehead atoms. The Balaban J connectivity index is 2.34. The van der Waals surface area contributed by atoms with Gasteiger partial charge in [-0.3, -0.25) is 5.01 Å². The number of benzene rings is 1. The Morgan fingerprint density at radius 2 is 1.90 bits per heavy atom. The van der Waals surface area contributed by atoms with E-state index >= 15 is 0 Å². The number of hydrogen-bond acceptors (Lipinski definition) is 5. The van der Waals surface area contributed by atoms with Gasteiger partial charge in [-0.05, 0) is 24.3 Å². The maximum atomic E-state index is 12.8. The molecule has 1 atom stereocenters. The number of methoxy groups -OCH3 is 2. The molecule has 0 saturated carbocycles. The number of ether oxygens (including phenoxy) is 2. The quantitative estimate of drug-likeness (QED) is 0.804. The average Bonchev–Trinajstić information content (AvgIpc) is 2.91. The van der Waals surface area contributed by atoms with Crippen molar-refractivity contribution in [1.82, 2.24) is 0 Å². The summed E-state index contributed by atoms with van der Waals surface area (Å²) in [4.78, 5) is 11.7. The SMILES string of the molecule is COC(=O)C1CC(C(F)(F)F)=NN1c1ccc(OC)cc1. The molecule has 0 amide bonds. The molecule has 1 unspecified atom stereocenters. The number of halogens is 3. The van der Waals surface area contributed by atoms with E-state index in [9.17, 15) is 18.0 Å². The highest BCUT2D eigenvalue weighted by Gasteiger charge is 2.45. The van der Waals surface area contributed by atoms with Crippen LogP contribution in [0, 0.1) is 0 Å². The van der Waals surface area contributed by atoms with Crippen molar-refractivity contribution in [3.05, 3.63) is 24.3 Å². The summed E-state index contributed by atoms with van der Waals surface area (Å²) < 4.78 is 47.9. The van der Waals surface area contributed by atoms with Gasteiger partial charge in [0, 0.05) is 6.42 Å². The van der Waals surface area contributed by atoms with Crippen molar-refractivity contribution in [1.29, 1.82) is 0 Å². The van der Waals surface area contributed by atoms with Crippen molar-refractivity contribution in [2.75, 3.05) is 19.2 Å². The van der Waals surface area contributed by atoms with Gasteiger partial charge in [-0.1, -0.05) is 0 Å². The Labute approximate surface area is 118 Å². The molecule has 1 aromatic rings. The molecular weight excluding hydrogens is 289 g/mol. The maximum Gasteiger partial charge on any atom is 0.431 e. The molecular formula is C13H13F3N2O3. The highest BCUT2D eigenvalue weighted by molar-refractivity contribution is 5.99. The van der Waals surface area contributed by atoms with Crippen LogP contribution in [-0.4, -0.2) is 38.1 Å². The van der Waals surface area contributed by atoms with Gasteiger partial charge in [0.15, 0.2) is 6.04 Å². The summed E-state index contributed by atoms with van der Waals surface area (Å²) in [6.45, 7) is 0. The second-order valence-corrected chi connectivity index (χ2v) is 4.33. The fourth-order valence-corrected chi connectivity index (χ4v) is 1.97. The Morgan fingerprint density at radius 1 is 1.29 bits per heavy atom. The number of hydrazone groups is 1. The number of carbonyl (C=O) groups excluding carboxylic acids is 1. The molecule has 0 radical (unpaired) electrons. The second kappa shape index (κ2) is 5.63. The summed E-state index contributed by atoms with van der Waals surface area (Å²) in [6, 6.07) is 5.07. The predicted molar refractivity (Wildman–Crippen MR) is 69.4 cm³/mol. The van der Waals surface area contributed by atoms with Crippen LogP contribution in [0.25, 0.3) is 0 Å². The highest BCUT2D eigenvalue weighted by Crippen LogP contribution is 2.32. The highest BCUT2D eigenvalue weighted by atomic mass is 19.4. The molecule has 0 spiro atoms. The lowest BCUT2D eigenvalue weighted by atomic mass is 10.1. The van der Waals surface area contributed by atoms with Gasteiger partial charge in [0.05, 0.1) is 19.9 Å². The molecule has 1 heterocycles. The van der Waals surface area contributed by atoms with Crippen LogP contribution in [0.1, 0.15) is 6.42 Å². The van der Waals surface area contributed by atoms with Crippen molar-refractivity contribution in [2.24, 2.45) is 5.10 Å². The zero-order valence-electron chi connectivity index (χ0n) is 11.3. The van der Waals surface area contributed by atoms with Crippen LogP contribution in [0.15, 0.2) is 29.4 Å². The van der Waals surface area contributed by atoms with E-state index in [4.69, 9.17) is 4.74 Å². The van der Waals surface area contributed by atoms with Gasteiger partial charge in [-0.15, -0.1) is 0 Å². The van der Waals surface area contributed by atoms with Gasteiger partial charge in [0.2, 0.25) is 0 Å². The first-order valence-electron chi connectivity index (χ1n) is 6.02. The van der Waals surface area contributed by atoms with Gasteiger partial charge < -0.3 is 9.47 Å². The van der Waals surface area contributed by atoms with E-state index in [-0.39, 0.29) is 0 Å².